The zero-order valence-corrected chi connectivity index (χ0v) is 20.9. The molecular formula is C25H32N4O5S. The first-order valence-electron chi connectivity index (χ1n) is 11.6. The zero-order chi connectivity index (χ0) is 25.0. The molecule has 9 nitrogen and oxygen atoms in total. The summed E-state index contributed by atoms with van der Waals surface area (Å²) in [4.78, 5) is 15.5. The molecule has 2 fully saturated rings. The minimum atomic E-state index is -3.72. The summed E-state index contributed by atoms with van der Waals surface area (Å²) >= 11 is 0. The van der Waals surface area contributed by atoms with Crippen LogP contribution in [0.15, 0.2) is 59.6 Å². The maximum atomic E-state index is 13.6. The number of ether oxygens (including phenoxy) is 1. The van der Waals surface area contributed by atoms with Crippen molar-refractivity contribution in [2.75, 3.05) is 63.2 Å². The SMILES string of the molecule is COC1CCN(c2cccc(S(=O)(=O)n3ccc4ccc(N5CCN(C)CC5)cc43)c2)C1.O=CO. The lowest BCUT2D eigenvalue weighted by Crippen LogP contribution is -2.44. The van der Waals surface area contributed by atoms with Crippen LogP contribution in [0.1, 0.15) is 6.42 Å². The number of carboxylic acid groups (broad SMARTS) is 1. The zero-order valence-electron chi connectivity index (χ0n) is 20.1. The van der Waals surface area contributed by atoms with Crippen molar-refractivity contribution in [3.05, 3.63) is 54.7 Å². The summed E-state index contributed by atoms with van der Waals surface area (Å²) in [5.74, 6) is 0. The Hall–Kier alpha value is -3.08. The van der Waals surface area contributed by atoms with Gasteiger partial charge in [-0.2, -0.15) is 0 Å². The summed E-state index contributed by atoms with van der Waals surface area (Å²) in [6.45, 7) is 5.28. The van der Waals surface area contributed by atoms with E-state index in [0.29, 0.717) is 10.4 Å². The Bertz CT molecular complexity index is 1270. The Morgan fingerprint density at radius 3 is 2.37 bits per heavy atom. The largest absolute Gasteiger partial charge is 0.483 e. The number of hydrogen-bond acceptors (Lipinski definition) is 7. The molecule has 1 atom stereocenters. The van der Waals surface area contributed by atoms with Gasteiger partial charge in [0.05, 0.1) is 16.5 Å². The van der Waals surface area contributed by atoms with Gasteiger partial charge in [-0.15, -0.1) is 0 Å². The molecule has 0 aliphatic carbocycles. The monoisotopic (exact) mass is 500 g/mol. The minimum Gasteiger partial charge on any atom is -0.483 e. The lowest BCUT2D eigenvalue weighted by atomic mass is 10.2. The summed E-state index contributed by atoms with van der Waals surface area (Å²) in [6, 6.07) is 15.2. The number of piperazine rings is 1. The quantitative estimate of drug-likeness (QED) is 0.534. The van der Waals surface area contributed by atoms with E-state index in [1.165, 1.54) is 3.97 Å². The van der Waals surface area contributed by atoms with Crippen LogP contribution >= 0.6 is 0 Å². The highest BCUT2D eigenvalue weighted by molar-refractivity contribution is 7.90. The highest BCUT2D eigenvalue weighted by atomic mass is 32.2. The van der Waals surface area contributed by atoms with Gasteiger partial charge in [-0.25, -0.2) is 12.4 Å². The number of nitrogens with zero attached hydrogens (tertiary/aromatic N) is 4. The molecule has 2 saturated heterocycles. The second-order valence-electron chi connectivity index (χ2n) is 8.85. The van der Waals surface area contributed by atoms with Crippen LogP contribution in [0.25, 0.3) is 10.9 Å². The fraction of sp³-hybridized carbons (Fsp3) is 0.400. The maximum absolute atomic E-state index is 13.6. The Labute approximate surface area is 206 Å². The van der Waals surface area contributed by atoms with Crippen molar-refractivity contribution < 1.29 is 23.1 Å². The molecule has 0 saturated carbocycles. The number of benzene rings is 2. The second-order valence-corrected chi connectivity index (χ2v) is 10.7. The van der Waals surface area contributed by atoms with E-state index in [1.807, 2.05) is 30.3 Å². The van der Waals surface area contributed by atoms with E-state index in [-0.39, 0.29) is 12.6 Å². The molecule has 188 valence electrons. The fourth-order valence-corrected chi connectivity index (χ4v) is 6.06. The van der Waals surface area contributed by atoms with Crippen molar-refractivity contribution in [1.29, 1.82) is 0 Å². The van der Waals surface area contributed by atoms with Crippen molar-refractivity contribution >= 4 is 38.8 Å². The van der Waals surface area contributed by atoms with Crippen LogP contribution in [-0.2, 0) is 19.6 Å². The molecule has 1 unspecified atom stereocenters. The van der Waals surface area contributed by atoms with E-state index >= 15 is 0 Å². The van der Waals surface area contributed by atoms with Gasteiger partial charge >= 0.3 is 0 Å². The topological polar surface area (TPSA) is 95.3 Å². The van der Waals surface area contributed by atoms with E-state index in [4.69, 9.17) is 14.6 Å². The molecule has 1 N–H and O–H groups in total. The molecule has 0 radical (unpaired) electrons. The number of hydrogen-bond donors (Lipinski definition) is 1. The predicted molar refractivity (Wildman–Crippen MR) is 137 cm³/mol. The van der Waals surface area contributed by atoms with Crippen LogP contribution in [-0.4, -0.2) is 88.4 Å². The number of anilines is 2. The predicted octanol–water partition coefficient (Wildman–Crippen LogP) is 2.56. The van der Waals surface area contributed by atoms with E-state index < -0.39 is 10.0 Å². The van der Waals surface area contributed by atoms with Gasteiger partial charge in [0.15, 0.2) is 0 Å². The first-order chi connectivity index (χ1) is 16.9. The van der Waals surface area contributed by atoms with Crippen molar-refractivity contribution in [1.82, 2.24) is 8.87 Å². The first kappa shape index (κ1) is 25.0. The molecule has 2 aliphatic rings. The normalized spacial score (nSPS) is 19.0. The molecule has 2 aromatic carbocycles. The second kappa shape index (κ2) is 10.7. The van der Waals surface area contributed by atoms with Gasteiger partial charge in [0.2, 0.25) is 0 Å². The molecule has 2 aliphatic heterocycles. The Morgan fingerprint density at radius 1 is 0.971 bits per heavy atom. The van der Waals surface area contributed by atoms with Crippen LogP contribution in [0.5, 0.6) is 0 Å². The Kier molecular flexibility index (Phi) is 7.63. The lowest BCUT2D eigenvalue weighted by Gasteiger charge is -2.34. The van der Waals surface area contributed by atoms with Crippen molar-refractivity contribution in [3.8, 4) is 0 Å². The summed E-state index contributed by atoms with van der Waals surface area (Å²) in [6.07, 6.45) is 2.80. The molecule has 0 amide bonds. The summed E-state index contributed by atoms with van der Waals surface area (Å²) in [5.41, 5.74) is 2.70. The van der Waals surface area contributed by atoms with Gasteiger partial charge in [-0.3, -0.25) is 4.79 Å². The van der Waals surface area contributed by atoms with Gasteiger partial charge in [0.25, 0.3) is 16.5 Å². The van der Waals surface area contributed by atoms with E-state index in [0.717, 1.165) is 62.5 Å². The number of carbonyl (C=O) groups is 1. The number of fused-ring (bicyclic) bond motifs is 1. The molecule has 35 heavy (non-hydrogen) atoms. The smallest absolute Gasteiger partial charge is 0.290 e. The number of likely N-dealkylation sites (N-methyl/N-ethyl adjacent to an activating group) is 1. The maximum Gasteiger partial charge on any atom is 0.290 e. The van der Waals surface area contributed by atoms with Gasteiger partial charge in [-0.05, 0) is 49.9 Å². The highest BCUT2D eigenvalue weighted by Gasteiger charge is 2.25. The molecule has 10 heteroatoms. The average Bonchev–Trinajstić information content (AvgIpc) is 3.52. The summed E-state index contributed by atoms with van der Waals surface area (Å²) in [7, 11) is 0.136. The first-order valence-corrected chi connectivity index (χ1v) is 13.1. The third kappa shape index (κ3) is 5.29. The highest BCUT2D eigenvalue weighted by Crippen LogP contribution is 2.29. The van der Waals surface area contributed by atoms with E-state index in [9.17, 15) is 8.42 Å². The van der Waals surface area contributed by atoms with E-state index in [1.54, 1.807) is 25.4 Å². The van der Waals surface area contributed by atoms with Crippen molar-refractivity contribution in [3.63, 3.8) is 0 Å². The van der Waals surface area contributed by atoms with Crippen LogP contribution < -0.4 is 9.80 Å². The number of aromatic nitrogens is 1. The van der Waals surface area contributed by atoms with Crippen molar-refractivity contribution in [2.45, 2.75) is 17.4 Å². The summed E-state index contributed by atoms with van der Waals surface area (Å²) < 4.78 is 34.1. The van der Waals surface area contributed by atoms with Gasteiger partial charge in [-0.1, -0.05) is 12.1 Å². The third-order valence-electron chi connectivity index (χ3n) is 6.73. The molecule has 1 aromatic heterocycles. The van der Waals surface area contributed by atoms with Crippen LogP contribution in [0, 0.1) is 0 Å². The number of methoxy groups -OCH3 is 1. The molecule has 3 aromatic rings. The van der Waals surface area contributed by atoms with Crippen LogP contribution in [0.3, 0.4) is 0 Å². The third-order valence-corrected chi connectivity index (χ3v) is 8.41. The lowest BCUT2D eigenvalue weighted by molar-refractivity contribution is -0.122. The summed E-state index contributed by atoms with van der Waals surface area (Å²) in [5, 5.41) is 7.81. The van der Waals surface area contributed by atoms with Crippen LogP contribution in [0.2, 0.25) is 0 Å². The Balaban J connectivity index is 0.000000917. The van der Waals surface area contributed by atoms with Gasteiger partial charge < -0.3 is 24.5 Å². The minimum absolute atomic E-state index is 0.191. The molecule has 0 spiro atoms. The average molecular weight is 501 g/mol. The molecule has 0 bridgehead atoms. The van der Waals surface area contributed by atoms with Crippen LogP contribution in [0.4, 0.5) is 11.4 Å². The number of rotatable bonds is 5. The molecule has 3 heterocycles. The molecule has 5 rings (SSSR count). The molecular weight excluding hydrogens is 468 g/mol. The fourth-order valence-electron chi connectivity index (χ4n) is 4.67. The van der Waals surface area contributed by atoms with Crippen molar-refractivity contribution in [2.24, 2.45) is 0 Å². The standard InChI is InChI=1S/C24H30N4O3S.CH2O2/c1-25-12-14-26(15-13-25)21-7-6-19-8-11-28(24(19)17-21)32(29,30)23-5-3-4-20(16-23)27-10-9-22(18-27)31-2;2-1-3/h3-8,11,16-17,22H,9-10,12-15,18H2,1-2H3;1H,(H,2,3). The van der Waals surface area contributed by atoms with Gasteiger partial charge in [0, 0.05) is 69.3 Å². The Morgan fingerprint density at radius 2 is 1.69 bits per heavy atom. The van der Waals surface area contributed by atoms with Gasteiger partial charge in [0.1, 0.15) is 0 Å². The van der Waals surface area contributed by atoms with E-state index in [2.05, 4.69) is 27.8 Å².